The van der Waals surface area contributed by atoms with Gasteiger partial charge < -0.3 is 5.32 Å². The van der Waals surface area contributed by atoms with Crippen molar-refractivity contribution in [1.82, 2.24) is 5.32 Å². The van der Waals surface area contributed by atoms with E-state index in [0.717, 1.165) is 41.9 Å². The molecule has 2 heteroatoms. The molecule has 0 bridgehead atoms. The Morgan fingerprint density at radius 1 is 0.862 bits per heavy atom. The molecule has 0 aromatic heterocycles. The molecule has 1 heterocycles. The minimum Gasteiger partial charge on any atom is -0.317 e. The van der Waals surface area contributed by atoms with E-state index in [1.54, 1.807) is 0 Å². The van der Waals surface area contributed by atoms with Gasteiger partial charge in [0.15, 0.2) is 0 Å². The largest absolute Gasteiger partial charge is 0.317 e. The monoisotopic (exact) mass is 397 g/mol. The van der Waals surface area contributed by atoms with E-state index in [9.17, 15) is 4.79 Å². The first-order valence-electron chi connectivity index (χ1n) is 12.8. The highest BCUT2D eigenvalue weighted by Gasteiger charge is 2.61. The molecule has 4 aliphatic carbocycles. The molecule has 1 unspecified atom stereocenters. The van der Waals surface area contributed by atoms with Gasteiger partial charge in [-0.15, -0.1) is 0 Å². The first-order valence-corrected chi connectivity index (χ1v) is 12.8. The first-order chi connectivity index (χ1) is 13.9. The first kappa shape index (κ1) is 20.3. The summed E-state index contributed by atoms with van der Waals surface area (Å²) in [6, 6.07) is 0. The predicted molar refractivity (Wildman–Crippen MR) is 120 cm³/mol. The van der Waals surface area contributed by atoms with Gasteiger partial charge >= 0.3 is 0 Å². The van der Waals surface area contributed by atoms with Gasteiger partial charge in [-0.2, -0.15) is 0 Å². The standard InChI is InChI=1S/C27H43NO/c1-18-16-21-22-6-7-25(29)27(22,3)13-9-23(21)26(2)12-8-20(17-24(18)26)5-4-19-10-14-28-15-11-19/h4-5,18-24,28H,6-17H2,1-3H3/t18-,20+,21-,22-,23-,24?,26+,27-/m0/s1. The molecule has 29 heavy (non-hydrogen) atoms. The minimum absolute atomic E-state index is 0.0267. The zero-order valence-corrected chi connectivity index (χ0v) is 19.1. The number of fused-ring (bicyclic) bond motifs is 5. The highest BCUT2D eigenvalue weighted by Crippen LogP contribution is 2.67. The van der Waals surface area contributed by atoms with E-state index in [4.69, 9.17) is 0 Å². The summed E-state index contributed by atoms with van der Waals surface area (Å²) in [5.41, 5.74) is 0.549. The fourth-order valence-electron chi connectivity index (χ4n) is 9.06. The third kappa shape index (κ3) is 3.27. The average Bonchev–Trinajstić information content (AvgIpc) is 3.03. The highest BCUT2D eigenvalue weighted by molar-refractivity contribution is 5.87. The maximum Gasteiger partial charge on any atom is 0.139 e. The van der Waals surface area contributed by atoms with Gasteiger partial charge in [0.2, 0.25) is 0 Å². The smallest absolute Gasteiger partial charge is 0.139 e. The van der Waals surface area contributed by atoms with Gasteiger partial charge in [0.05, 0.1) is 0 Å². The summed E-state index contributed by atoms with van der Waals surface area (Å²) in [5.74, 6) is 6.31. The van der Waals surface area contributed by atoms with Crippen LogP contribution in [-0.4, -0.2) is 18.9 Å². The van der Waals surface area contributed by atoms with Crippen molar-refractivity contribution in [2.45, 2.75) is 85.0 Å². The Morgan fingerprint density at radius 2 is 1.62 bits per heavy atom. The summed E-state index contributed by atoms with van der Waals surface area (Å²) in [5, 5.41) is 3.49. The van der Waals surface area contributed by atoms with Crippen molar-refractivity contribution in [1.29, 1.82) is 0 Å². The summed E-state index contributed by atoms with van der Waals surface area (Å²) in [6.07, 6.45) is 18.0. The third-order valence-corrected chi connectivity index (χ3v) is 10.8. The average molecular weight is 398 g/mol. The van der Waals surface area contributed by atoms with Crippen LogP contribution in [0.3, 0.4) is 0 Å². The van der Waals surface area contributed by atoms with Crippen LogP contribution in [0.4, 0.5) is 0 Å². The van der Waals surface area contributed by atoms with Gasteiger partial charge in [0.25, 0.3) is 0 Å². The molecule has 0 spiro atoms. The molecule has 5 fully saturated rings. The minimum atomic E-state index is 0.0267. The second-order valence-corrected chi connectivity index (χ2v) is 12.1. The van der Waals surface area contributed by atoms with Crippen LogP contribution in [0.2, 0.25) is 0 Å². The van der Waals surface area contributed by atoms with Gasteiger partial charge in [0, 0.05) is 11.8 Å². The molecule has 162 valence electrons. The van der Waals surface area contributed by atoms with Crippen molar-refractivity contribution < 1.29 is 4.79 Å². The molecular formula is C27H43NO. The Kier molecular flexibility index (Phi) is 5.25. The lowest BCUT2D eigenvalue weighted by Crippen LogP contribution is -2.55. The number of allylic oxidation sites excluding steroid dienone is 2. The number of ketones is 1. The highest BCUT2D eigenvalue weighted by atomic mass is 16.1. The predicted octanol–water partition coefficient (Wildman–Crippen LogP) is 6.02. The van der Waals surface area contributed by atoms with Gasteiger partial charge in [-0.3, -0.25) is 4.79 Å². The Balaban J connectivity index is 1.31. The van der Waals surface area contributed by atoms with Crippen LogP contribution < -0.4 is 5.32 Å². The lowest BCUT2D eigenvalue weighted by Gasteiger charge is -2.62. The zero-order valence-electron chi connectivity index (χ0n) is 19.1. The van der Waals surface area contributed by atoms with E-state index < -0.39 is 0 Å². The third-order valence-electron chi connectivity index (χ3n) is 10.8. The van der Waals surface area contributed by atoms with Crippen molar-refractivity contribution in [3.8, 4) is 0 Å². The fraction of sp³-hybridized carbons (Fsp3) is 0.889. The summed E-state index contributed by atoms with van der Waals surface area (Å²) >= 11 is 0. The molecular weight excluding hydrogens is 354 g/mol. The van der Waals surface area contributed by atoms with Crippen molar-refractivity contribution in [3.05, 3.63) is 12.2 Å². The molecule has 5 aliphatic rings. The number of hydrogen-bond acceptors (Lipinski definition) is 2. The number of carbonyl (C=O) groups excluding carboxylic acids is 1. The summed E-state index contributed by atoms with van der Waals surface area (Å²) in [6.45, 7) is 9.94. The topological polar surface area (TPSA) is 29.1 Å². The maximum absolute atomic E-state index is 12.7. The van der Waals surface area contributed by atoms with E-state index in [0.29, 0.717) is 17.1 Å². The Morgan fingerprint density at radius 3 is 2.41 bits per heavy atom. The molecule has 0 aromatic carbocycles. The molecule has 1 N–H and O–H groups in total. The van der Waals surface area contributed by atoms with Gasteiger partial charge in [0.1, 0.15) is 5.78 Å². The summed E-state index contributed by atoms with van der Waals surface area (Å²) in [4.78, 5) is 12.7. The van der Waals surface area contributed by atoms with Gasteiger partial charge in [-0.1, -0.05) is 32.9 Å². The molecule has 0 aromatic rings. The molecule has 5 rings (SSSR count). The zero-order chi connectivity index (χ0) is 20.2. The molecule has 1 saturated heterocycles. The van der Waals surface area contributed by atoms with E-state index in [-0.39, 0.29) is 5.41 Å². The molecule has 4 saturated carbocycles. The molecule has 1 aliphatic heterocycles. The summed E-state index contributed by atoms with van der Waals surface area (Å²) in [7, 11) is 0. The van der Waals surface area contributed by atoms with Crippen LogP contribution in [-0.2, 0) is 4.79 Å². The summed E-state index contributed by atoms with van der Waals surface area (Å²) < 4.78 is 0. The fourth-order valence-corrected chi connectivity index (χ4v) is 9.06. The molecule has 0 radical (unpaired) electrons. The molecule has 2 nitrogen and oxygen atoms in total. The van der Waals surface area contributed by atoms with Crippen LogP contribution >= 0.6 is 0 Å². The lowest BCUT2D eigenvalue weighted by atomic mass is 9.43. The number of rotatable bonds is 2. The number of nitrogens with one attached hydrogen (secondary N) is 1. The number of piperidine rings is 1. The molecule has 8 atom stereocenters. The number of Topliss-reactive ketones (excluding diaryl/α,β-unsaturated/α-hetero) is 1. The van der Waals surface area contributed by atoms with Crippen molar-refractivity contribution >= 4 is 5.78 Å². The van der Waals surface area contributed by atoms with Crippen molar-refractivity contribution in [2.24, 2.45) is 52.3 Å². The quantitative estimate of drug-likeness (QED) is 0.578. The SMILES string of the molecule is C[C@H]1C[C@@H]2[C@H](CC[C@]3(C)C(=O)CC[C@@H]23)[C@@]2(C)CC[C@@H](C=CC3CCNCC3)CC12. The van der Waals surface area contributed by atoms with Crippen LogP contribution in [0.25, 0.3) is 0 Å². The second kappa shape index (κ2) is 7.50. The Bertz CT molecular complexity index is 663. The number of hydrogen-bond donors (Lipinski definition) is 1. The maximum atomic E-state index is 12.7. The van der Waals surface area contributed by atoms with Crippen LogP contribution in [0.5, 0.6) is 0 Å². The van der Waals surface area contributed by atoms with Crippen LogP contribution in [0, 0.1) is 52.3 Å². The number of carbonyl (C=O) groups is 1. The van der Waals surface area contributed by atoms with E-state index in [1.165, 1.54) is 70.9 Å². The van der Waals surface area contributed by atoms with Gasteiger partial charge in [-0.05, 0) is 118 Å². The van der Waals surface area contributed by atoms with Crippen molar-refractivity contribution in [3.63, 3.8) is 0 Å². The van der Waals surface area contributed by atoms with Gasteiger partial charge in [-0.25, -0.2) is 0 Å². The van der Waals surface area contributed by atoms with Crippen LogP contribution in [0.15, 0.2) is 12.2 Å². The van der Waals surface area contributed by atoms with Crippen LogP contribution in [0.1, 0.15) is 85.0 Å². The normalized spacial score (nSPS) is 50.9. The molecule has 0 amide bonds. The van der Waals surface area contributed by atoms with E-state index >= 15 is 0 Å². The van der Waals surface area contributed by atoms with Crippen molar-refractivity contribution in [2.75, 3.05) is 13.1 Å². The van der Waals surface area contributed by atoms with E-state index in [1.807, 2.05) is 0 Å². The van der Waals surface area contributed by atoms with E-state index in [2.05, 4.69) is 38.2 Å². The Labute approximate surface area is 178 Å². The second-order valence-electron chi connectivity index (χ2n) is 12.1. The Hall–Kier alpha value is -0.630. The lowest BCUT2D eigenvalue weighted by molar-refractivity contribution is -0.146.